The minimum Gasteiger partial charge on any atom is -0.327 e. The molecule has 1 saturated carbocycles. The van der Waals surface area contributed by atoms with Crippen molar-refractivity contribution in [2.24, 2.45) is 12.8 Å². The van der Waals surface area contributed by atoms with Crippen LogP contribution in [-0.4, -0.2) is 26.1 Å². The smallest absolute Gasteiger partial charge is 0.191 e. The standard InChI is InChI=1S/C12H22N4S/c1-9-14-15-12(16(9)2)17-11-8-6-4-3-5-7-10(11)13/h10-11H,3-8,13H2,1-2H3. The second-order valence-electron chi connectivity index (χ2n) is 4.90. The average molecular weight is 254 g/mol. The number of nitrogens with two attached hydrogens (primary N) is 1. The van der Waals surface area contributed by atoms with E-state index in [0.29, 0.717) is 11.3 Å². The third-order valence-corrected chi connectivity index (χ3v) is 5.02. The van der Waals surface area contributed by atoms with Crippen molar-refractivity contribution in [3.63, 3.8) is 0 Å². The second-order valence-corrected chi connectivity index (χ2v) is 6.11. The molecule has 1 fully saturated rings. The number of hydrogen-bond donors (Lipinski definition) is 1. The lowest BCUT2D eigenvalue weighted by atomic mass is 9.97. The average Bonchev–Trinajstić information content (AvgIpc) is 2.60. The van der Waals surface area contributed by atoms with Gasteiger partial charge in [0.15, 0.2) is 5.16 Å². The molecule has 0 bridgehead atoms. The summed E-state index contributed by atoms with van der Waals surface area (Å²) in [5.74, 6) is 0.965. The predicted molar refractivity (Wildman–Crippen MR) is 71.1 cm³/mol. The first-order valence-electron chi connectivity index (χ1n) is 6.46. The van der Waals surface area contributed by atoms with E-state index < -0.39 is 0 Å². The number of thioether (sulfide) groups is 1. The van der Waals surface area contributed by atoms with Gasteiger partial charge in [0.25, 0.3) is 0 Å². The van der Waals surface area contributed by atoms with E-state index >= 15 is 0 Å². The van der Waals surface area contributed by atoms with Crippen molar-refractivity contribution in [3.8, 4) is 0 Å². The van der Waals surface area contributed by atoms with Gasteiger partial charge in [0.2, 0.25) is 0 Å². The molecule has 1 aliphatic carbocycles. The first-order valence-corrected chi connectivity index (χ1v) is 7.34. The highest BCUT2D eigenvalue weighted by Gasteiger charge is 2.22. The lowest BCUT2D eigenvalue weighted by molar-refractivity contribution is 0.462. The molecule has 2 N–H and O–H groups in total. The summed E-state index contributed by atoms with van der Waals surface area (Å²) in [6.07, 6.45) is 7.61. The Morgan fingerprint density at radius 2 is 1.88 bits per heavy atom. The van der Waals surface area contributed by atoms with Gasteiger partial charge >= 0.3 is 0 Å². The SMILES string of the molecule is Cc1nnc(SC2CCCCCCC2N)n1C. The van der Waals surface area contributed by atoms with Gasteiger partial charge in [-0.2, -0.15) is 0 Å². The summed E-state index contributed by atoms with van der Waals surface area (Å²) in [5, 5.41) is 9.82. The summed E-state index contributed by atoms with van der Waals surface area (Å²) < 4.78 is 2.05. The zero-order valence-corrected chi connectivity index (χ0v) is 11.5. The van der Waals surface area contributed by atoms with Crippen LogP contribution in [-0.2, 0) is 7.05 Å². The van der Waals surface area contributed by atoms with E-state index in [2.05, 4.69) is 14.8 Å². The van der Waals surface area contributed by atoms with Crippen molar-refractivity contribution in [3.05, 3.63) is 5.82 Å². The maximum atomic E-state index is 6.27. The molecule has 0 saturated heterocycles. The summed E-state index contributed by atoms with van der Waals surface area (Å²) in [6.45, 7) is 1.98. The molecule has 2 rings (SSSR count). The summed E-state index contributed by atoms with van der Waals surface area (Å²) in [5.41, 5.74) is 6.27. The zero-order valence-electron chi connectivity index (χ0n) is 10.7. The van der Waals surface area contributed by atoms with Crippen molar-refractivity contribution in [1.29, 1.82) is 0 Å². The maximum absolute atomic E-state index is 6.27. The minimum absolute atomic E-state index is 0.303. The molecule has 4 nitrogen and oxygen atoms in total. The molecule has 2 atom stereocenters. The molecule has 0 aromatic carbocycles. The molecule has 2 unspecified atom stereocenters. The summed E-state index contributed by atoms with van der Waals surface area (Å²) in [7, 11) is 2.02. The molecule has 0 radical (unpaired) electrons. The van der Waals surface area contributed by atoms with E-state index in [-0.39, 0.29) is 0 Å². The number of nitrogens with zero attached hydrogens (tertiary/aromatic N) is 3. The van der Waals surface area contributed by atoms with E-state index in [1.165, 1.54) is 32.1 Å². The van der Waals surface area contributed by atoms with Gasteiger partial charge in [-0.05, 0) is 19.8 Å². The first-order chi connectivity index (χ1) is 8.18. The van der Waals surface area contributed by atoms with Gasteiger partial charge in [-0.15, -0.1) is 10.2 Å². The van der Waals surface area contributed by atoms with Gasteiger partial charge in [-0.25, -0.2) is 0 Å². The molecule has 5 heteroatoms. The number of aryl methyl sites for hydroxylation is 1. The molecule has 96 valence electrons. The Morgan fingerprint density at radius 3 is 2.53 bits per heavy atom. The Bertz CT molecular complexity index is 363. The third kappa shape index (κ3) is 3.22. The van der Waals surface area contributed by atoms with E-state index in [1.54, 1.807) is 0 Å². The Balaban J connectivity index is 2.02. The fourth-order valence-corrected chi connectivity index (χ4v) is 3.50. The fraction of sp³-hybridized carbons (Fsp3) is 0.833. The van der Waals surface area contributed by atoms with Crippen molar-refractivity contribution in [2.75, 3.05) is 0 Å². The fourth-order valence-electron chi connectivity index (χ4n) is 2.25. The Kier molecular flexibility index (Phi) is 4.45. The van der Waals surface area contributed by atoms with Crippen LogP contribution in [0.3, 0.4) is 0 Å². The predicted octanol–water partition coefficient (Wildman–Crippen LogP) is 2.27. The minimum atomic E-state index is 0.303. The molecule has 0 amide bonds. The van der Waals surface area contributed by atoms with Crippen LogP contribution in [0, 0.1) is 6.92 Å². The molecule has 1 heterocycles. The molecule has 17 heavy (non-hydrogen) atoms. The van der Waals surface area contributed by atoms with Crippen LogP contribution in [0.2, 0.25) is 0 Å². The third-order valence-electron chi connectivity index (χ3n) is 3.56. The largest absolute Gasteiger partial charge is 0.327 e. The molecule has 0 spiro atoms. The second kappa shape index (κ2) is 5.87. The number of rotatable bonds is 2. The van der Waals surface area contributed by atoms with Gasteiger partial charge < -0.3 is 10.3 Å². The summed E-state index contributed by atoms with van der Waals surface area (Å²) >= 11 is 1.81. The zero-order chi connectivity index (χ0) is 12.3. The highest BCUT2D eigenvalue weighted by Crippen LogP contribution is 2.30. The Hall–Kier alpha value is -0.550. The van der Waals surface area contributed by atoms with Gasteiger partial charge in [0.1, 0.15) is 5.82 Å². The highest BCUT2D eigenvalue weighted by molar-refractivity contribution is 7.99. The first kappa shape index (κ1) is 12.9. The van der Waals surface area contributed by atoms with Crippen molar-refractivity contribution >= 4 is 11.8 Å². The van der Waals surface area contributed by atoms with Gasteiger partial charge in [-0.3, -0.25) is 0 Å². The number of hydrogen-bond acceptors (Lipinski definition) is 4. The quantitative estimate of drug-likeness (QED) is 0.879. The van der Waals surface area contributed by atoms with Crippen LogP contribution in [0.25, 0.3) is 0 Å². The van der Waals surface area contributed by atoms with Crippen molar-refractivity contribution in [1.82, 2.24) is 14.8 Å². The normalized spacial score (nSPS) is 26.5. The summed E-state index contributed by atoms with van der Waals surface area (Å²) in [4.78, 5) is 0. The Morgan fingerprint density at radius 1 is 1.18 bits per heavy atom. The van der Waals surface area contributed by atoms with Gasteiger partial charge in [0.05, 0.1) is 0 Å². The van der Waals surface area contributed by atoms with Crippen LogP contribution in [0.1, 0.15) is 44.3 Å². The van der Waals surface area contributed by atoms with E-state index in [1.807, 2.05) is 25.7 Å². The van der Waals surface area contributed by atoms with E-state index in [9.17, 15) is 0 Å². The molecule has 1 aromatic rings. The Labute approximate surface area is 107 Å². The topological polar surface area (TPSA) is 56.7 Å². The van der Waals surface area contributed by atoms with Crippen LogP contribution in [0.5, 0.6) is 0 Å². The lowest BCUT2D eigenvalue weighted by Crippen LogP contribution is -2.33. The van der Waals surface area contributed by atoms with E-state index in [0.717, 1.165) is 17.4 Å². The molecular formula is C12H22N4S. The summed E-state index contributed by atoms with van der Waals surface area (Å²) in [6, 6.07) is 0.303. The van der Waals surface area contributed by atoms with Crippen LogP contribution < -0.4 is 5.73 Å². The van der Waals surface area contributed by atoms with E-state index in [4.69, 9.17) is 5.73 Å². The molecule has 1 aromatic heterocycles. The van der Waals surface area contributed by atoms with Crippen LogP contribution in [0.4, 0.5) is 0 Å². The molecule has 0 aliphatic heterocycles. The van der Waals surface area contributed by atoms with Crippen LogP contribution >= 0.6 is 11.8 Å². The van der Waals surface area contributed by atoms with Gasteiger partial charge in [-0.1, -0.05) is 37.4 Å². The lowest BCUT2D eigenvalue weighted by Gasteiger charge is -2.25. The van der Waals surface area contributed by atoms with Gasteiger partial charge in [0, 0.05) is 18.3 Å². The van der Waals surface area contributed by atoms with Crippen LogP contribution in [0.15, 0.2) is 5.16 Å². The monoisotopic (exact) mass is 254 g/mol. The van der Waals surface area contributed by atoms with Crippen molar-refractivity contribution < 1.29 is 0 Å². The van der Waals surface area contributed by atoms with Crippen molar-refractivity contribution in [2.45, 2.75) is 61.9 Å². The molecular weight excluding hydrogens is 232 g/mol. The highest BCUT2D eigenvalue weighted by atomic mass is 32.2. The maximum Gasteiger partial charge on any atom is 0.191 e. The molecule has 1 aliphatic rings. The number of aromatic nitrogens is 3.